The lowest BCUT2D eigenvalue weighted by Gasteiger charge is -2.26. The molecule has 7 nitrogen and oxygen atoms in total. The summed E-state index contributed by atoms with van der Waals surface area (Å²) in [7, 11) is 0. The summed E-state index contributed by atoms with van der Waals surface area (Å²) in [5, 5.41) is 15.1. The van der Waals surface area contributed by atoms with Gasteiger partial charge in [-0.1, -0.05) is 22.8 Å². The number of piperidine rings is 1. The van der Waals surface area contributed by atoms with Gasteiger partial charge in [0.25, 0.3) is 0 Å². The van der Waals surface area contributed by atoms with Crippen LogP contribution < -0.4 is 5.32 Å². The molecule has 1 fully saturated rings. The zero-order chi connectivity index (χ0) is 16.8. The molecule has 0 unspecified atom stereocenters. The Hall–Kier alpha value is -2.44. The monoisotopic (exact) mass is 328 g/mol. The molecule has 128 valence electrons. The first-order chi connectivity index (χ1) is 11.7. The molecule has 1 aromatic carbocycles. The summed E-state index contributed by atoms with van der Waals surface area (Å²) in [6.07, 6.45) is 4.85. The molecule has 1 aliphatic rings. The number of hydrogen-bond acceptors (Lipinski definition) is 5. The number of rotatable bonds is 7. The van der Waals surface area contributed by atoms with Crippen LogP contribution in [0.2, 0.25) is 0 Å². The van der Waals surface area contributed by atoms with E-state index in [-0.39, 0.29) is 0 Å². The number of likely N-dealkylation sites (tertiary alicyclic amines) is 1. The van der Waals surface area contributed by atoms with Crippen LogP contribution in [-0.4, -0.2) is 50.6 Å². The van der Waals surface area contributed by atoms with E-state index in [2.05, 4.69) is 27.8 Å². The van der Waals surface area contributed by atoms with Crippen LogP contribution in [0.1, 0.15) is 37.7 Å². The Morgan fingerprint density at radius 3 is 2.79 bits per heavy atom. The highest BCUT2D eigenvalue weighted by Gasteiger charge is 2.16. The summed E-state index contributed by atoms with van der Waals surface area (Å²) in [6, 6.07) is 8.07. The van der Waals surface area contributed by atoms with E-state index in [1.807, 2.05) is 29.2 Å². The second kappa shape index (κ2) is 7.90. The quantitative estimate of drug-likeness (QED) is 0.788. The molecule has 1 N–H and O–H groups in total. The number of amides is 1. The fraction of sp³-hybridized carbons (Fsp3) is 0.529. The third kappa shape index (κ3) is 4.10. The van der Waals surface area contributed by atoms with Crippen molar-refractivity contribution in [3.63, 3.8) is 0 Å². The Kier molecular flexibility index (Phi) is 5.40. The van der Waals surface area contributed by atoms with E-state index < -0.39 is 0 Å². The van der Waals surface area contributed by atoms with E-state index in [0.29, 0.717) is 18.3 Å². The molecule has 2 aromatic rings. The van der Waals surface area contributed by atoms with Crippen LogP contribution >= 0.6 is 0 Å². The molecule has 1 aliphatic heterocycles. The van der Waals surface area contributed by atoms with Gasteiger partial charge in [-0.15, -0.1) is 0 Å². The van der Waals surface area contributed by atoms with Crippen LogP contribution in [0.4, 0.5) is 5.95 Å². The first kappa shape index (κ1) is 16.4. The fourth-order valence-electron chi connectivity index (χ4n) is 2.88. The second-order valence-electron chi connectivity index (χ2n) is 6.22. The molecule has 7 heteroatoms. The molecule has 0 saturated carbocycles. The van der Waals surface area contributed by atoms with E-state index >= 15 is 0 Å². The van der Waals surface area contributed by atoms with Gasteiger partial charge in [-0.05, 0) is 55.2 Å². The summed E-state index contributed by atoms with van der Waals surface area (Å²) >= 11 is 0. The highest BCUT2D eigenvalue weighted by molar-refractivity contribution is 5.76. The highest BCUT2D eigenvalue weighted by atomic mass is 16.2. The van der Waals surface area contributed by atoms with E-state index in [9.17, 15) is 4.79 Å². The highest BCUT2D eigenvalue weighted by Crippen LogP contribution is 2.13. The summed E-state index contributed by atoms with van der Waals surface area (Å²) < 4.78 is 1.70. The van der Waals surface area contributed by atoms with Gasteiger partial charge in [0.2, 0.25) is 11.9 Å². The first-order valence-corrected chi connectivity index (χ1v) is 8.61. The lowest BCUT2D eigenvalue weighted by molar-refractivity contribution is -0.133. The number of aryl methyl sites for hydroxylation is 1. The lowest BCUT2D eigenvalue weighted by Crippen LogP contribution is -2.36. The van der Waals surface area contributed by atoms with Gasteiger partial charge in [0.05, 0.1) is 5.69 Å². The molecule has 0 aliphatic carbocycles. The van der Waals surface area contributed by atoms with Crippen molar-refractivity contribution in [2.45, 2.75) is 39.0 Å². The minimum atomic E-state index is 0.303. The van der Waals surface area contributed by atoms with Crippen LogP contribution in [0.25, 0.3) is 5.69 Å². The summed E-state index contributed by atoms with van der Waals surface area (Å²) in [6.45, 7) is 4.60. The molecule has 3 rings (SSSR count). The number of aromatic nitrogens is 4. The summed E-state index contributed by atoms with van der Waals surface area (Å²) in [5.74, 6) is 0.949. The minimum absolute atomic E-state index is 0.303. The number of carbonyl (C=O) groups is 1. The predicted octanol–water partition coefficient (Wildman–Crippen LogP) is 2.18. The Balaban J connectivity index is 1.45. The van der Waals surface area contributed by atoms with Gasteiger partial charge in [-0.25, -0.2) is 0 Å². The number of nitrogens with zero attached hydrogens (tertiary/aromatic N) is 5. The molecule has 0 radical (unpaired) electrons. The Bertz CT molecular complexity index is 666. The van der Waals surface area contributed by atoms with E-state index in [1.54, 1.807) is 4.68 Å². The molecule has 0 spiro atoms. The van der Waals surface area contributed by atoms with Gasteiger partial charge in [-0.2, -0.15) is 4.68 Å². The molecule has 2 heterocycles. The van der Waals surface area contributed by atoms with E-state index in [4.69, 9.17) is 0 Å². The topological polar surface area (TPSA) is 75.9 Å². The standard InChI is InChI=1S/C17H24N6O/c1-14-7-9-15(10-8-14)23-17(19-20-21-23)18-11-3-5-13-22-12-4-2-6-16(22)24/h7-10H,2-6,11-13H2,1H3,(H,18,19,21). The number of anilines is 1. The number of benzene rings is 1. The van der Waals surface area contributed by atoms with Crippen molar-refractivity contribution in [3.8, 4) is 5.69 Å². The van der Waals surface area contributed by atoms with Crippen molar-refractivity contribution < 1.29 is 4.79 Å². The predicted molar refractivity (Wildman–Crippen MR) is 92.0 cm³/mol. The fourth-order valence-corrected chi connectivity index (χ4v) is 2.88. The van der Waals surface area contributed by atoms with Crippen molar-refractivity contribution in [2.24, 2.45) is 0 Å². The maximum Gasteiger partial charge on any atom is 0.247 e. The third-order valence-electron chi connectivity index (χ3n) is 4.31. The van der Waals surface area contributed by atoms with Gasteiger partial charge >= 0.3 is 0 Å². The molecule has 1 amide bonds. The molecule has 1 aromatic heterocycles. The maximum atomic E-state index is 11.8. The minimum Gasteiger partial charge on any atom is -0.353 e. The zero-order valence-electron chi connectivity index (χ0n) is 14.1. The van der Waals surface area contributed by atoms with Crippen LogP contribution in [0.15, 0.2) is 24.3 Å². The average molecular weight is 328 g/mol. The van der Waals surface area contributed by atoms with Crippen molar-refractivity contribution in [3.05, 3.63) is 29.8 Å². The van der Waals surface area contributed by atoms with Crippen molar-refractivity contribution >= 4 is 11.9 Å². The maximum absolute atomic E-state index is 11.8. The Labute approximate surface area is 142 Å². The van der Waals surface area contributed by atoms with Crippen LogP contribution in [0.5, 0.6) is 0 Å². The van der Waals surface area contributed by atoms with Crippen LogP contribution in [-0.2, 0) is 4.79 Å². The van der Waals surface area contributed by atoms with E-state index in [1.165, 1.54) is 5.56 Å². The van der Waals surface area contributed by atoms with Gasteiger partial charge in [-0.3, -0.25) is 4.79 Å². The number of hydrogen-bond donors (Lipinski definition) is 1. The first-order valence-electron chi connectivity index (χ1n) is 8.61. The number of tetrazole rings is 1. The zero-order valence-corrected chi connectivity index (χ0v) is 14.1. The van der Waals surface area contributed by atoms with Crippen molar-refractivity contribution in [1.82, 2.24) is 25.1 Å². The molecule has 1 saturated heterocycles. The van der Waals surface area contributed by atoms with Crippen LogP contribution in [0, 0.1) is 6.92 Å². The molecule has 24 heavy (non-hydrogen) atoms. The number of nitrogens with one attached hydrogen (secondary N) is 1. The van der Waals surface area contributed by atoms with Crippen molar-refractivity contribution in [2.75, 3.05) is 25.0 Å². The van der Waals surface area contributed by atoms with Gasteiger partial charge in [0.15, 0.2) is 0 Å². The average Bonchev–Trinajstić information content (AvgIpc) is 3.05. The second-order valence-corrected chi connectivity index (χ2v) is 6.22. The largest absolute Gasteiger partial charge is 0.353 e. The summed E-state index contributed by atoms with van der Waals surface area (Å²) in [5.41, 5.74) is 2.14. The van der Waals surface area contributed by atoms with E-state index in [0.717, 1.165) is 51.0 Å². The molecule has 0 atom stereocenters. The third-order valence-corrected chi connectivity index (χ3v) is 4.31. The van der Waals surface area contributed by atoms with Crippen molar-refractivity contribution in [1.29, 1.82) is 0 Å². The molecule has 0 bridgehead atoms. The SMILES string of the molecule is Cc1ccc(-n2nnnc2NCCCCN2CCCCC2=O)cc1. The smallest absolute Gasteiger partial charge is 0.247 e. The molecular weight excluding hydrogens is 304 g/mol. The van der Waals surface area contributed by atoms with Gasteiger partial charge in [0, 0.05) is 26.1 Å². The summed E-state index contributed by atoms with van der Waals surface area (Å²) in [4.78, 5) is 13.7. The molecular formula is C17H24N6O. The number of unbranched alkanes of at least 4 members (excludes halogenated alkanes) is 1. The Morgan fingerprint density at radius 2 is 2.00 bits per heavy atom. The van der Waals surface area contributed by atoms with Gasteiger partial charge < -0.3 is 10.2 Å². The van der Waals surface area contributed by atoms with Gasteiger partial charge in [0.1, 0.15) is 0 Å². The van der Waals surface area contributed by atoms with Crippen LogP contribution in [0.3, 0.4) is 0 Å². The normalized spacial score (nSPS) is 14.9. The lowest BCUT2D eigenvalue weighted by atomic mass is 10.1. The number of carbonyl (C=O) groups excluding carboxylic acids is 1. The Morgan fingerprint density at radius 1 is 1.17 bits per heavy atom.